The highest BCUT2D eigenvalue weighted by Crippen LogP contribution is 2.30. The fourth-order valence-electron chi connectivity index (χ4n) is 3.76. The first-order chi connectivity index (χ1) is 15.4. The molecule has 1 aliphatic heterocycles. The zero-order valence-electron chi connectivity index (χ0n) is 16.9. The van der Waals surface area contributed by atoms with Crippen molar-refractivity contribution in [1.29, 1.82) is 0 Å². The molecule has 2 aromatic carbocycles. The minimum Gasteiger partial charge on any atom is -0.422 e. The van der Waals surface area contributed by atoms with E-state index >= 15 is 0 Å². The van der Waals surface area contributed by atoms with Crippen molar-refractivity contribution in [3.8, 4) is 0 Å². The summed E-state index contributed by atoms with van der Waals surface area (Å²) in [6, 6.07) is 13.2. The van der Waals surface area contributed by atoms with Crippen LogP contribution in [0.4, 0.5) is 5.13 Å². The topological polar surface area (TPSA) is 110 Å². The summed E-state index contributed by atoms with van der Waals surface area (Å²) < 4.78 is 33.2. The second kappa shape index (κ2) is 8.12. The lowest BCUT2D eigenvalue weighted by atomic mass is 10.2. The van der Waals surface area contributed by atoms with Gasteiger partial charge in [-0.15, -0.1) is 0 Å². The molecule has 1 saturated heterocycles. The van der Waals surface area contributed by atoms with E-state index in [1.807, 2.05) is 0 Å². The van der Waals surface area contributed by atoms with Crippen LogP contribution in [0, 0.1) is 0 Å². The molecular weight excluding hydrogens is 450 g/mol. The number of benzene rings is 2. The number of carbonyl (C=O) groups is 1. The standard InChI is InChI=1S/C22H19N3O5S2/c26-20(16-12-14-6-2-3-7-18(14)30-21(16)27)24-22-23-17-9-8-15(13-19(17)31-22)32(28,29)25-10-4-1-5-11-25/h2-3,6-9,12-13H,1,4-5,10-11H2,(H,23,24,26). The minimum atomic E-state index is -3.57. The van der Waals surface area contributed by atoms with Gasteiger partial charge in [0, 0.05) is 18.5 Å². The van der Waals surface area contributed by atoms with E-state index in [1.54, 1.807) is 36.4 Å². The number of nitrogens with zero attached hydrogens (tertiary/aromatic N) is 2. The summed E-state index contributed by atoms with van der Waals surface area (Å²) in [7, 11) is -3.57. The van der Waals surface area contributed by atoms with E-state index in [0.29, 0.717) is 34.3 Å². The monoisotopic (exact) mass is 469 g/mol. The molecule has 0 radical (unpaired) electrons. The summed E-state index contributed by atoms with van der Waals surface area (Å²) in [5.41, 5.74) is 0.0958. The van der Waals surface area contributed by atoms with Crippen LogP contribution in [0.3, 0.4) is 0 Å². The first kappa shape index (κ1) is 20.8. The molecule has 2 aromatic heterocycles. The zero-order valence-corrected chi connectivity index (χ0v) is 18.5. The van der Waals surface area contributed by atoms with Gasteiger partial charge in [0.05, 0.1) is 15.1 Å². The summed E-state index contributed by atoms with van der Waals surface area (Å²) >= 11 is 1.15. The molecule has 1 N–H and O–H groups in total. The van der Waals surface area contributed by atoms with Gasteiger partial charge in [0.15, 0.2) is 5.13 Å². The first-order valence-electron chi connectivity index (χ1n) is 10.2. The van der Waals surface area contributed by atoms with E-state index in [9.17, 15) is 18.0 Å². The van der Waals surface area contributed by atoms with E-state index in [1.165, 1.54) is 16.4 Å². The van der Waals surface area contributed by atoms with Gasteiger partial charge in [-0.3, -0.25) is 10.1 Å². The molecule has 32 heavy (non-hydrogen) atoms. The fourth-order valence-corrected chi connectivity index (χ4v) is 6.28. The number of sulfonamides is 1. The van der Waals surface area contributed by atoms with Gasteiger partial charge in [-0.1, -0.05) is 36.0 Å². The Morgan fingerprint density at radius 3 is 2.66 bits per heavy atom. The molecule has 5 rings (SSSR count). The molecule has 1 fully saturated rings. The number of piperidine rings is 1. The molecule has 0 atom stereocenters. The zero-order chi connectivity index (χ0) is 22.3. The Bertz CT molecular complexity index is 1500. The van der Waals surface area contributed by atoms with Gasteiger partial charge < -0.3 is 4.42 Å². The Morgan fingerprint density at radius 2 is 1.84 bits per heavy atom. The van der Waals surface area contributed by atoms with E-state index in [2.05, 4.69) is 10.3 Å². The number of aromatic nitrogens is 1. The van der Waals surface area contributed by atoms with E-state index in [4.69, 9.17) is 4.42 Å². The molecule has 4 aromatic rings. The predicted molar refractivity (Wildman–Crippen MR) is 123 cm³/mol. The van der Waals surface area contributed by atoms with Gasteiger partial charge in [-0.25, -0.2) is 18.2 Å². The second-order valence-corrected chi connectivity index (χ2v) is 10.5. The molecule has 10 heteroatoms. The minimum absolute atomic E-state index is 0.128. The molecule has 3 heterocycles. The van der Waals surface area contributed by atoms with Crippen LogP contribution in [0.1, 0.15) is 29.6 Å². The number of fused-ring (bicyclic) bond motifs is 2. The van der Waals surface area contributed by atoms with Crippen LogP contribution < -0.4 is 10.9 Å². The average molecular weight is 470 g/mol. The number of anilines is 1. The predicted octanol–water partition coefficient (Wildman–Crippen LogP) is 3.83. The Morgan fingerprint density at radius 1 is 1.06 bits per heavy atom. The van der Waals surface area contributed by atoms with Crippen molar-refractivity contribution in [2.24, 2.45) is 0 Å². The maximum absolute atomic E-state index is 12.9. The highest BCUT2D eigenvalue weighted by molar-refractivity contribution is 7.89. The summed E-state index contributed by atoms with van der Waals surface area (Å²) in [6.07, 6.45) is 2.76. The third-order valence-electron chi connectivity index (χ3n) is 5.42. The van der Waals surface area contributed by atoms with Crippen molar-refractivity contribution in [2.75, 3.05) is 18.4 Å². The number of nitrogens with one attached hydrogen (secondary N) is 1. The number of rotatable bonds is 4. The van der Waals surface area contributed by atoms with Gasteiger partial charge >= 0.3 is 5.63 Å². The smallest absolute Gasteiger partial charge is 0.349 e. The average Bonchev–Trinajstić information content (AvgIpc) is 3.20. The van der Waals surface area contributed by atoms with Crippen LogP contribution in [-0.2, 0) is 10.0 Å². The number of carbonyl (C=O) groups excluding carboxylic acids is 1. The normalized spacial score (nSPS) is 15.2. The SMILES string of the molecule is O=C(Nc1nc2ccc(S(=O)(=O)N3CCCCC3)cc2s1)c1cc2ccccc2oc1=O. The maximum Gasteiger partial charge on any atom is 0.349 e. The van der Waals surface area contributed by atoms with E-state index in [0.717, 1.165) is 30.6 Å². The van der Waals surface area contributed by atoms with Gasteiger partial charge in [0.25, 0.3) is 5.91 Å². The highest BCUT2D eigenvalue weighted by atomic mass is 32.2. The van der Waals surface area contributed by atoms with E-state index in [-0.39, 0.29) is 15.6 Å². The Labute approximate surface area is 187 Å². The highest BCUT2D eigenvalue weighted by Gasteiger charge is 2.26. The molecule has 1 amide bonds. The molecule has 0 unspecified atom stereocenters. The lowest BCUT2D eigenvalue weighted by molar-refractivity contribution is 0.102. The Balaban J connectivity index is 1.42. The molecule has 0 saturated carbocycles. The number of amides is 1. The second-order valence-electron chi connectivity index (χ2n) is 7.55. The van der Waals surface area contributed by atoms with Gasteiger partial charge in [0.2, 0.25) is 10.0 Å². The summed E-state index contributed by atoms with van der Waals surface area (Å²) in [4.78, 5) is 29.5. The van der Waals surface area contributed by atoms with Crippen molar-refractivity contribution in [2.45, 2.75) is 24.2 Å². The lowest BCUT2D eigenvalue weighted by Gasteiger charge is -2.25. The summed E-state index contributed by atoms with van der Waals surface area (Å²) in [6.45, 7) is 1.05. The number of hydrogen-bond donors (Lipinski definition) is 1. The number of thiazole rings is 1. The molecular formula is C22H19N3O5S2. The lowest BCUT2D eigenvalue weighted by Crippen LogP contribution is -2.35. The third-order valence-corrected chi connectivity index (χ3v) is 8.25. The molecule has 1 aliphatic rings. The molecule has 0 aliphatic carbocycles. The van der Waals surface area contributed by atoms with Crippen LogP contribution in [0.5, 0.6) is 0 Å². The fraction of sp³-hybridized carbons (Fsp3) is 0.227. The van der Waals surface area contributed by atoms with Gasteiger partial charge in [-0.2, -0.15) is 4.31 Å². The number of para-hydroxylation sites is 1. The maximum atomic E-state index is 12.9. The molecule has 0 spiro atoms. The van der Waals surface area contributed by atoms with Crippen LogP contribution in [0.15, 0.2) is 62.6 Å². The van der Waals surface area contributed by atoms with Crippen molar-refractivity contribution in [3.05, 3.63) is 64.5 Å². The number of hydrogen-bond acceptors (Lipinski definition) is 7. The van der Waals surface area contributed by atoms with Crippen LogP contribution >= 0.6 is 11.3 Å². The first-order valence-corrected chi connectivity index (χ1v) is 12.4. The molecule has 8 nitrogen and oxygen atoms in total. The van der Waals surface area contributed by atoms with Crippen LogP contribution in [0.2, 0.25) is 0 Å². The largest absolute Gasteiger partial charge is 0.422 e. The van der Waals surface area contributed by atoms with Gasteiger partial charge in [0.1, 0.15) is 11.1 Å². The van der Waals surface area contributed by atoms with Crippen molar-refractivity contribution in [3.63, 3.8) is 0 Å². The Kier molecular flexibility index (Phi) is 5.28. The molecule has 0 bridgehead atoms. The van der Waals surface area contributed by atoms with Crippen molar-refractivity contribution in [1.82, 2.24) is 9.29 Å². The quantitative estimate of drug-likeness (QED) is 0.455. The summed E-state index contributed by atoms with van der Waals surface area (Å²) in [5, 5.41) is 3.53. The van der Waals surface area contributed by atoms with Crippen LogP contribution in [0.25, 0.3) is 21.2 Å². The van der Waals surface area contributed by atoms with Crippen molar-refractivity contribution >= 4 is 53.6 Å². The van der Waals surface area contributed by atoms with Crippen LogP contribution in [-0.4, -0.2) is 36.7 Å². The van der Waals surface area contributed by atoms with Gasteiger partial charge in [-0.05, 0) is 43.2 Å². The third kappa shape index (κ3) is 3.81. The van der Waals surface area contributed by atoms with E-state index < -0.39 is 21.6 Å². The summed E-state index contributed by atoms with van der Waals surface area (Å²) in [5.74, 6) is -0.635. The Hall–Kier alpha value is -3.08. The van der Waals surface area contributed by atoms with Crippen molar-refractivity contribution < 1.29 is 17.6 Å². The molecule has 164 valence electrons.